The summed E-state index contributed by atoms with van der Waals surface area (Å²) in [6.45, 7) is 6.79. The molecule has 1 amide bonds. The second-order valence-corrected chi connectivity index (χ2v) is 5.23. The van der Waals surface area contributed by atoms with Gasteiger partial charge in [-0.25, -0.2) is 10.8 Å². The quantitative estimate of drug-likeness (QED) is 0.462. The van der Waals surface area contributed by atoms with Crippen LogP contribution in [0.3, 0.4) is 0 Å². The Kier molecular flexibility index (Phi) is 5.54. The standard InChI is InChI=1S/C11H19N3O2S/c1-7(2)4-8(3)16-5-9-6-17-11(13-9)10(15)14-12/h6-8H,4-5,12H2,1-3H3,(H,14,15). The number of nitrogens with two attached hydrogens (primary N) is 1. The summed E-state index contributed by atoms with van der Waals surface area (Å²) in [5.74, 6) is 5.27. The van der Waals surface area contributed by atoms with Crippen molar-refractivity contribution in [1.29, 1.82) is 0 Å². The minimum Gasteiger partial charge on any atom is -0.372 e. The molecule has 1 aromatic heterocycles. The number of nitrogens with one attached hydrogen (secondary N) is 1. The number of nitrogens with zero attached hydrogens (tertiary/aromatic N) is 1. The average Bonchev–Trinajstić information content (AvgIpc) is 2.73. The number of thiazole rings is 1. The Balaban J connectivity index is 2.42. The fraction of sp³-hybridized carbons (Fsp3) is 0.636. The molecule has 0 saturated heterocycles. The van der Waals surface area contributed by atoms with E-state index in [4.69, 9.17) is 10.6 Å². The van der Waals surface area contributed by atoms with Gasteiger partial charge in [-0.15, -0.1) is 11.3 Å². The zero-order valence-corrected chi connectivity index (χ0v) is 11.2. The number of hydrogen-bond acceptors (Lipinski definition) is 5. The maximum absolute atomic E-state index is 11.2. The predicted molar refractivity (Wildman–Crippen MR) is 67.5 cm³/mol. The molecule has 1 atom stereocenters. The lowest BCUT2D eigenvalue weighted by atomic mass is 10.1. The van der Waals surface area contributed by atoms with Gasteiger partial charge >= 0.3 is 0 Å². The third-order valence-electron chi connectivity index (χ3n) is 2.20. The maximum atomic E-state index is 11.2. The highest BCUT2D eigenvalue weighted by molar-refractivity contribution is 7.11. The normalized spacial score (nSPS) is 12.8. The molecule has 0 spiro atoms. The molecule has 0 aliphatic heterocycles. The molecular formula is C11H19N3O2S. The molecule has 0 aliphatic rings. The van der Waals surface area contributed by atoms with Crippen molar-refractivity contribution in [1.82, 2.24) is 10.4 Å². The summed E-state index contributed by atoms with van der Waals surface area (Å²) >= 11 is 1.26. The van der Waals surface area contributed by atoms with Gasteiger partial charge in [-0.2, -0.15) is 0 Å². The van der Waals surface area contributed by atoms with Crippen molar-refractivity contribution in [3.05, 3.63) is 16.1 Å². The fourth-order valence-electron chi connectivity index (χ4n) is 1.50. The lowest BCUT2D eigenvalue weighted by Gasteiger charge is -2.14. The molecule has 0 aromatic carbocycles. The molecule has 3 N–H and O–H groups in total. The number of hydrazine groups is 1. The number of amides is 1. The Morgan fingerprint density at radius 3 is 2.88 bits per heavy atom. The minimum absolute atomic E-state index is 0.198. The number of nitrogen functional groups attached to an aromatic ring is 1. The molecule has 1 aromatic rings. The van der Waals surface area contributed by atoms with Gasteiger partial charge in [-0.3, -0.25) is 10.2 Å². The molecule has 6 heteroatoms. The van der Waals surface area contributed by atoms with E-state index in [0.717, 1.165) is 12.1 Å². The number of aromatic nitrogens is 1. The lowest BCUT2D eigenvalue weighted by Crippen LogP contribution is -2.29. The van der Waals surface area contributed by atoms with Crippen LogP contribution in [0.4, 0.5) is 0 Å². The highest BCUT2D eigenvalue weighted by atomic mass is 32.1. The first-order valence-electron chi connectivity index (χ1n) is 5.59. The molecule has 1 rings (SSSR count). The van der Waals surface area contributed by atoms with Gasteiger partial charge in [-0.05, 0) is 19.3 Å². The van der Waals surface area contributed by atoms with Crippen LogP contribution in [0.5, 0.6) is 0 Å². The van der Waals surface area contributed by atoms with Gasteiger partial charge in [0.15, 0.2) is 5.01 Å². The van der Waals surface area contributed by atoms with E-state index in [-0.39, 0.29) is 12.0 Å². The van der Waals surface area contributed by atoms with E-state index in [1.54, 1.807) is 0 Å². The van der Waals surface area contributed by atoms with E-state index >= 15 is 0 Å². The Morgan fingerprint density at radius 2 is 2.29 bits per heavy atom. The van der Waals surface area contributed by atoms with Gasteiger partial charge in [0.05, 0.1) is 18.4 Å². The van der Waals surface area contributed by atoms with Crippen LogP contribution < -0.4 is 11.3 Å². The number of carbonyl (C=O) groups excluding carboxylic acids is 1. The van der Waals surface area contributed by atoms with Crippen molar-refractivity contribution in [2.24, 2.45) is 11.8 Å². The van der Waals surface area contributed by atoms with E-state index in [2.05, 4.69) is 24.3 Å². The van der Waals surface area contributed by atoms with Gasteiger partial charge in [0.25, 0.3) is 5.91 Å². The Labute approximate surface area is 105 Å². The van der Waals surface area contributed by atoms with Gasteiger partial charge in [0.1, 0.15) is 0 Å². The Bertz CT molecular complexity index is 365. The van der Waals surface area contributed by atoms with Crippen molar-refractivity contribution >= 4 is 17.2 Å². The SMILES string of the molecule is CC(C)CC(C)OCc1csc(C(=O)NN)n1. The van der Waals surface area contributed by atoms with Gasteiger partial charge < -0.3 is 4.74 Å². The zero-order valence-electron chi connectivity index (χ0n) is 10.4. The van der Waals surface area contributed by atoms with E-state index in [1.165, 1.54) is 11.3 Å². The Morgan fingerprint density at radius 1 is 1.59 bits per heavy atom. The molecule has 0 bridgehead atoms. The smallest absolute Gasteiger partial charge is 0.294 e. The van der Waals surface area contributed by atoms with E-state index in [0.29, 0.717) is 17.5 Å². The van der Waals surface area contributed by atoms with Gasteiger partial charge in [0, 0.05) is 5.38 Å². The van der Waals surface area contributed by atoms with Crippen LogP contribution in [-0.4, -0.2) is 17.0 Å². The van der Waals surface area contributed by atoms with Crippen LogP contribution in [0.2, 0.25) is 0 Å². The topological polar surface area (TPSA) is 77.2 Å². The highest BCUT2D eigenvalue weighted by Gasteiger charge is 2.11. The molecule has 0 saturated carbocycles. The predicted octanol–water partition coefficient (Wildman–Crippen LogP) is 1.70. The second-order valence-electron chi connectivity index (χ2n) is 4.37. The van der Waals surface area contributed by atoms with Gasteiger partial charge in [0.2, 0.25) is 0 Å². The number of hydrogen-bond donors (Lipinski definition) is 2. The summed E-state index contributed by atoms with van der Waals surface area (Å²) in [7, 11) is 0. The van der Waals surface area contributed by atoms with Gasteiger partial charge in [-0.1, -0.05) is 13.8 Å². The molecule has 1 unspecified atom stereocenters. The molecule has 0 radical (unpaired) electrons. The first kappa shape index (κ1) is 14.1. The van der Waals surface area contributed by atoms with Crippen molar-refractivity contribution < 1.29 is 9.53 Å². The van der Waals surface area contributed by atoms with Crippen LogP contribution in [0.15, 0.2) is 5.38 Å². The summed E-state index contributed by atoms with van der Waals surface area (Å²) in [5.41, 5.74) is 2.82. The number of rotatable bonds is 6. The molecule has 1 heterocycles. The molecule has 5 nitrogen and oxygen atoms in total. The first-order valence-corrected chi connectivity index (χ1v) is 6.47. The average molecular weight is 257 g/mol. The van der Waals surface area contributed by atoms with Crippen LogP contribution in [0, 0.1) is 5.92 Å². The largest absolute Gasteiger partial charge is 0.372 e. The summed E-state index contributed by atoms with van der Waals surface area (Å²) in [4.78, 5) is 15.3. The van der Waals surface area contributed by atoms with Crippen LogP contribution >= 0.6 is 11.3 Å². The maximum Gasteiger partial charge on any atom is 0.294 e. The van der Waals surface area contributed by atoms with Crippen molar-refractivity contribution in [3.8, 4) is 0 Å². The highest BCUT2D eigenvalue weighted by Crippen LogP contribution is 2.13. The summed E-state index contributed by atoms with van der Waals surface area (Å²) < 4.78 is 5.65. The number of ether oxygens (including phenoxy) is 1. The molecule has 0 fully saturated rings. The van der Waals surface area contributed by atoms with Crippen molar-refractivity contribution in [2.45, 2.75) is 39.9 Å². The van der Waals surface area contributed by atoms with Crippen molar-refractivity contribution in [2.75, 3.05) is 0 Å². The molecule has 0 aliphatic carbocycles. The van der Waals surface area contributed by atoms with Crippen molar-refractivity contribution in [3.63, 3.8) is 0 Å². The van der Waals surface area contributed by atoms with Crippen LogP contribution in [0.25, 0.3) is 0 Å². The zero-order chi connectivity index (χ0) is 12.8. The molecule has 17 heavy (non-hydrogen) atoms. The molecule has 96 valence electrons. The van der Waals surface area contributed by atoms with Crippen LogP contribution in [0.1, 0.15) is 42.7 Å². The number of carbonyl (C=O) groups is 1. The van der Waals surface area contributed by atoms with Crippen LogP contribution in [-0.2, 0) is 11.3 Å². The summed E-state index contributed by atoms with van der Waals surface area (Å²) in [6, 6.07) is 0. The summed E-state index contributed by atoms with van der Waals surface area (Å²) in [6.07, 6.45) is 1.21. The second kappa shape index (κ2) is 6.68. The third-order valence-corrected chi connectivity index (χ3v) is 3.09. The lowest BCUT2D eigenvalue weighted by molar-refractivity contribution is 0.0381. The van der Waals surface area contributed by atoms with E-state index < -0.39 is 0 Å². The Hall–Kier alpha value is -0.980. The monoisotopic (exact) mass is 257 g/mol. The third kappa shape index (κ3) is 4.80. The minimum atomic E-state index is -0.364. The summed E-state index contributed by atoms with van der Waals surface area (Å²) in [5, 5.41) is 2.18. The first-order chi connectivity index (χ1) is 8.02. The fourth-order valence-corrected chi connectivity index (χ4v) is 2.20. The van der Waals surface area contributed by atoms with E-state index in [9.17, 15) is 4.79 Å². The molecular weight excluding hydrogens is 238 g/mol. The van der Waals surface area contributed by atoms with E-state index in [1.807, 2.05) is 12.3 Å².